The van der Waals surface area contributed by atoms with Crippen LogP contribution in [0.25, 0.3) is 0 Å². The molecule has 2 unspecified atom stereocenters. The number of hydrogen-bond donors (Lipinski definition) is 0. The Hall–Kier alpha value is -0.937. The first-order valence-corrected chi connectivity index (χ1v) is 8.44. The van der Waals surface area contributed by atoms with E-state index in [9.17, 15) is 0 Å². The molecule has 0 saturated carbocycles. The van der Waals surface area contributed by atoms with Gasteiger partial charge in [-0.1, -0.05) is 53.4 Å². The normalized spacial score (nSPS) is 20.5. The largest absolute Gasteiger partial charge is 4.00 e. The summed E-state index contributed by atoms with van der Waals surface area (Å²) < 4.78 is 0. The molecule has 0 radical (unpaired) electrons. The van der Waals surface area contributed by atoms with Crippen LogP contribution in [0.3, 0.4) is 0 Å². The first-order valence-electron chi connectivity index (χ1n) is 8.44. The van der Waals surface area contributed by atoms with Crippen LogP contribution in [-0.2, 0) is 26.2 Å². The van der Waals surface area contributed by atoms with Crippen LogP contribution >= 0.6 is 0 Å². The molecule has 2 aliphatic rings. The molecule has 0 aromatic carbocycles. The summed E-state index contributed by atoms with van der Waals surface area (Å²) in [6, 6.07) is 0. The minimum atomic E-state index is 0. The molecule has 0 aliphatic heterocycles. The van der Waals surface area contributed by atoms with Crippen LogP contribution in [0.5, 0.6) is 0 Å². The fraction of sp³-hybridized carbons (Fsp3) is 0.417. The minimum Gasteiger partial charge on any atom is -0.266 e. The molecule has 2 aliphatic carbocycles. The van der Waals surface area contributed by atoms with Crippen LogP contribution < -0.4 is 0 Å². The molecule has 0 saturated heterocycles. The van der Waals surface area contributed by atoms with Crippen molar-refractivity contribution in [1.82, 2.24) is 0 Å². The van der Waals surface area contributed by atoms with Crippen LogP contribution in [0.2, 0.25) is 0 Å². The zero-order chi connectivity index (χ0) is 19.4. The third-order valence-corrected chi connectivity index (χ3v) is 4.47. The maximum Gasteiger partial charge on any atom is 4.00 e. The van der Waals surface area contributed by atoms with Gasteiger partial charge >= 0.3 is 26.2 Å². The van der Waals surface area contributed by atoms with E-state index < -0.39 is 0 Å². The Morgan fingerprint density at radius 2 is 0.920 bits per heavy atom. The molecular formula is C24H36Zr. The molecule has 2 rings (SSSR count). The van der Waals surface area contributed by atoms with Crippen molar-refractivity contribution < 1.29 is 26.2 Å². The average Bonchev–Trinajstić information content (AvgIpc) is 2.86. The second-order valence-electron chi connectivity index (χ2n) is 6.18. The van der Waals surface area contributed by atoms with Gasteiger partial charge in [0.15, 0.2) is 0 Å². The van der Waals surface area contributed by atoms with Gasteiger partial charge in [0.2, 0.25) is 0 Å². The Labute approximate surface area is 177 Å². The van der Waals surface area contributed by atoms with Gasteiger partial charge in [-0.3, -0.25) is 12.2 Å². The van der Waals surface area contributed by atoms with Crippen molar-refractivity contribution in [3.63, 3.8) is 0 Å². The topological polar surface area (TPSA) is 0 Å². The Morgan fingerprint density at radius 1 is 0.720 bits per heavy atom. The Bertz CT molecular complexity index is 488. The van der Waals surface area contributed by atoms with E-state index in [0.717, 1.165) is 0 Å². The third kappa shape index (κ3) is 10.6. The average molecular weight is 416 g/mol. The van der Waals surface area contributed by atoms with Crippen molar-refractivity contribution in [2.75, 3.05) is 0 Å². The standard InChI is InChI=1S/2C9H13.2C3H5.Zr/c2*1-6-5-7(2)9(4)8(6)3;2*1-3-2;/h2*6H,1-4H3;2*3H,1-2H2;/q4*-1;+4. The molecule has 136 valence electrons. The summed E-state index contributed by atoms with van der Waals surface area (Å²) in [5.74, 6) is 1.12. The molecule has 0 fully saturated rings. The second-order valence-corrected chi connectivity index (χ2v) is 6.18. The first kappa shape index (κ1) is 28.8. The zero-order valence-corrected chi connectivity index (χ0v) is 20.1. The summed E-state index contributed by atoms with van der Waals surface area (Å²) in [6.45, 7) is 30.3. The molecular weight excluding hydrogens is 379 g/mol. The molecule has 0 aromatic heterocycles. The van der Waals surface area contributed by atoms with E-state index in [1.807, 2.05) is 0 Å². The third-order valence-electron chi connectivity index (χ3n) is 4.47. The van der Waals surface area contributed by atoms with Gasteiger partial charge in [0.1, 0.15) is 0 Å². The SMILES string of the molecule is C=C[CH2-].C=C[CH2-].CC1=[C-]C(C)C(C)=C1C.CC1=[C-]C(C)C(C)=C1C.[Zr+4]. The van der Waals surface area contributed by atoms with Crippen molar-refractivity contribution >= 4 is 0 Å². The molecule has 2 atom stereocenters. The quantitative estimate of drug-likeness (QED) is 0.360. The van der Waals surface area contributed by atoms with Crippen molar-refractivity contribution in [3.8, 4) is 0 Å². The van der Waals surface area contributed by atoms with Crippen LogP contribution in [0.15, 0.2) is 58.7 Å². The molecule has 0 nitrogen and oxygen atoms in total. The first-order chi connectivity index (χ1) is 11.1. The zero-order valence-electron chi connectivity index (χ0n) is 17.6. The summed E-state index contributed by atoms with van der Waals surface area (Å²) in [6.07, 6.45) is 9.72. The fourth-order valence-electron chi connectivity index (χ4n) is 2.32. The number of hydrogen-bond acceptors (Lipinski definition) is 0. The fourth-order valence-corrected chi connectivity index (χ4v) is 2.32. The maximum absolute atomic E-state index is 3.36. The van der Waals surface area contributed by atoms with Crippen LogP contribution in [-0.4, -0.2) is 0 Å². The summed E-state index contributed by atoms with van der Waals surface area (Å²) in [7, 11) is 0. The van der Waals surface area contributed by atoms with Crippen LogP contribution in [0.1, 0.15) is 55.4 Å². The van der Waals surface area contributed by atoms with Gasteiger partial charge in [-0.15, -0.1) is 13.8 Å². The summed E-state index contributed by atoms with van der Waals surface area (Å²) in [5, 5.41) is 0. The molecule has 0 amide bonds. The Morgan fingerprint density at radius 3 is 0.960 bits per heavy atom. The molecule has 0 N–H and O–H groups in total. The smallest absolute Gasteiger partial charge is 0.266 e. The van der Waals surface area contributed by atoms with Crippen molar-refractivity contribution in [3.05, 3.63) is 84.7 Å². The van der Waals surface area contributed by atoms with Gasteiger partial charge in [-0.25, -0.2) is 50.3 Å². The van der Waals surface area contributed by atoms with Crippen molar-refractivity contribution in [1.29, 1.82) is 0 Å². The molecule has 0 bridgehead atoms. The minimum absolute atomic E-state index is 0. The number of rotatable bonds is 0. The molecule has 25 heavy (non-hydrogen) atoms. The predicted molar refractivity (Wildman–Crippen MR) is 111 cm³/mol. The number of allylic oxidation sites excluding steroid dienone is 10. The van der Waals surface area contributed by atoms with Crippen molar-refractivity contribution in [2.24, 2.45) is 11.8 Å². The predicted octanol–water partition coefficient (Wildman–Crippen LogP) is 7.45. The van der Waals surface area contributed by atoms with E-state index in [2.05, 4.69) is 94.5 Å². The molecule has 1 heteroatoms. The summed E-state index contributed by atoms with van der Waals surface area (Å²) >= 11 is 0. The molecule has 0 heterocycles. The monoisotopic (exact) mass is 414 g/mol. The van der Waals surface area contributed by atoms with Gasteiger partial charge in [0.25, 0.3) is 0 Å². The van der Waals surface area contributed by atoms with E-state index in [-0.39, 0.29) is 26.2 Å². The van der Waals surface area contributed by atoms with E-state index in [1.54, 1.807) is 0 Å². The van der Waals surface area contributed by atoms with Gasteiger partial charge in [0, 0.05) is 0 Å². The van der Waals surface area contributed by atoms with Crippen LogP contribution in [0.4, 0.5) is 0 Å². The maximum atomic E-state index is 3.36. The van der Waals surface area contributed by atoms with E-state index in [0.29, 0.717) is 11.8 Å². The van der Waals surface area contributed by atoms with E-state index in [4.69, 9.17) is 0 Å². The Balaban J connectivity index is -0.000000287. The summed E-state index contributed by atoms with van der Waals surface area (Å²) in [4.78, 5) is 0. The van der Waals surface area contributed by atoms with Crippen molar-refractivity contribution in [2.45, 2.75) is 55.4 Å². The molecule has 0 spiro atoms. The Kier molecular flexibility index (Phi) is 17.7. The van der Waals surface area contributed by atoms with Gasteiger partial charge in [0.05, 0.1) is 0 Å². The van der Waals surface area contributed by atoms with E-state index in [1.165, 1.54) is 45.6 Å². The van der Waals surface area contributed by atoms with Gasteiger partial charge < -0.3 is 0 Å². The second kappa shape index (κ2) is 15.3. The van der Waals surface area contributed by atoms with Crippen LogP contribution in [0, 0.1) is 37.8 Å². The van der Waals surface area contributed by atoms with Gasteiger partial charge in [-0.05, 0) is 0 Å². The van der Waals surface area contributed by atoms with Gasteiger partial charge in [-0.2, -0.15) is 22.3 Å². The van der Waals surface area contributed by atoms with E-state index >= 15 is 0 Å². The summed E-state index contributed by atoms with van der Waals surface area (Å²) in [5.41, 5.74) is 8.49. The molecule has 0 aromatic rings.